The van der Waals surface area contributed by atoms with Gasteiger partial charge in [-0.2, -0.15) is 5.26 Å². The minimum absolute atomic E-state index is 0.281. The van der Waals surface area contributed by atoms with Crippen LogP contribution in [0.15, 0.2) is 52.5 Å². The van der Waals surface area contributed by atoms with Gasteiger partial charge in [-0.15, -0.1) is 0 Å². The van der Waals surface area contributed by atoms with Gasteiger partial charge in [-0.1, -0.05) is 40.2 Å². The number of rotatable bonds is 6. The van der Waals surface area contributed by atoms with E-state index in [0.717, 1.165) is 10.0 Å². The van der Waals surface area contributed by atoms with Crippen molar-refractivity contribution >= 4 is 28.0 Å². The predicted molar refractivity (Wildman–Crippen MR) is 92.7 cm³/mol. The number of nitrogens with zero attached hydrogens (tertiary/aromatic N) is 1. The Morgan fingerprint density at radius 3 is 2.58 bits per heavy atom. The highest BCUT2D eigenvalue weighted by Crippen LogP contribution is 2.33. The van der Waals surface area contributed by atoms with Crippen molar-refractivity contribution in [3.05, 3.63) is 63.6 Å². The molecule has 0 aliphatic heterocycles. The van der Waals surface area contributed by atoms with Crippen molar-refractivity contribution in [3.63, 3.8) is 0 Å². The molecule has 0 saturated heterocycles. The molecule has 0 aromatic heterocycles. The first-order valence-corrected chi connectivity index (χ1v) is 7.73. The first kappa shape index (κ1) is 17.6. The average Bonchev–Trinajstić information content (AvgIpc) is 2.59. The Morgan fingerprint density at radius 2 is 2.00 bits per heavy atom. The zero-order chi connectivity index (χ0) is 17.5. The highest BCUT2D eigenvalue weighted by Gasteiger charge is 2.13. The molecule has 0 fully saturated rings. The summed E-state index contributed by atoms with van der Waals surface area (Å²) < 4.78 is 12.1. The molecule has 0 atom stereocenters. The molecule has 0 amide bonds. The lowest BCUT2D eigenvalue weighted by atomic mass is 10.1. The maximum absolute atomic E-state index is 11.0. The van der Waals surface area contributed by atoms with E-state index in [1.54, 1.807) is 24.3 Å². The number of nitriles is 1. The van der Waals surface area contributed by atoms with Gasteiger partial charge in [-0.3, -0.25) is 0 Å². The summed E-state index contributed by atoms with van der Waals surface area (Å²) in [6.45, 7) is 0.281. The second-order valence-electron chi connectivity index (χ2n) is 4.77. The van der Waals surface area contributed by atoms with Crippen LogP contribution in [0.4, 0.5) is 0 Å². The first-order chi connectivity index (χ1) is 11.5. The second kappa shape index (κ2) is 8.18. The van der Waals surface area contributed by atoms with E-state index in [9.17, 15) is 4.79 Å². The highest BCUT2D eigenvalue weighted by atomic mass is 79.9. The summed E-state index contributed by atoms with van der Waals surface area (Å²) in [4.78, 5) is 11.0. The van der Waals surface area contributed by atoms with Crippen LogP contribution in [0, 0.1) is 11.3 Å². The summed E-state index contributed by atoms with van der Waals surface area (Å²) in [5.74, 6) is -0.445. The van der Waals surface area contributed by atoms with E-state index in [4.69, 9.17) is 19.8 Å². The molecule has 0 aliphatic carbocycles. The second-order valence-corrected chi connectivity index (χ2v) is 5.68. The molecule has 2 aromatic rings. The molecule has 0 radical (unpaired) electrons. The number of hydrogen-bond donors (Lipinski definition) is 1. The average molecular weight is 388 g/mol. The van der Waals surface area contributed by atoms with E-state index >= 15 is 0 Å². The smallest absolute Gasteiger partial charge is 0.346 e. The van der Waals surface area contributed by atoms with Gasteiger partial charge in [-0.25, -0.2) is 4.79 Å². The normalized spacial score (nSPS) is 10.8. The van der Waals surface area contributed by atoms with Crippen LogP contribution in [0.2, 0.25) is 0 Å². The molecular weight excluding hydrogens is 374 g/mol. The van der Waals surface area contributed by atoms with Crippen molar-refractivity contribution < 1.29 is 19.4 Å². The van der Waals surface area contributed by atoms with Crippen LogP contribution in [0.1, 0.15) is 11.1 Å². The standard InChI is InChI=1S/C18H14BrNO4/c1-23-16-4-2-3-13(9-14(10-20)18(21)22)17(16)24-11-12-5-7-15(19)8-6-12/h2-9H,11H2,1H3,(H,21,22). The monoisotopic (exact) mass is 387 g/mol. The van der Waals surface area contributed by atoms with Crippen molar-refractivity contribution in [1.82, 2.24) is 0 Å². The number of ether oxygens (including phenoxy) is 2. The minimum Gasteiger partial charge on any atom is -0.493 e. The lowest BCUT2D eigenvalue weighted by molar-refractivity contribution is -0.132. The number of aliphatic carboxylic acids is 1. The Balaban J connectivity index is 2.35. The van der Waals surface area contributed by atoms with Crippen LogP contribution in [-0.4, -0.2) is 18.2 Å². The van der Waals surface area contributed by atoms with Crippen LogP contribution >= 0.6 is 15.9 Å². The third-order valence-electron chi connectivity index (χ3n) is 3.18. The van der Waals surface area contributed by atoms with Crippen LogP contribution in [-0.2, 0) is 11.4 Å². The van der Waals surface area contributed by atoms with Gasteiger partial charge in [0.25, 0.3) is 0 Å². The molecule has 6 heteroatoms. The van der Waals surface area contributed by atoms with Gasteiger partial charge in [0.15, 0.2) is 11.5 Å². The lowest BCUT2D eigenvalue weighted by Gasteiger charge is -2.13. The van der Waals surface area contributed by atoms with Crippen molar-refractivity contribution in [1.29, 1.82) is 5.26 Å². The van der Waals surface area contributed by atoms with Crippen molar-refractivity contribution in [3.8, 4) is 17.6 Å². The summed E-state index contributed by atoms with van der Waals surface area (Å²) in [5.41, 5.74) is 1.03. The van der Waals surface area contributed by atoms with Crippen LogP contribution in [0.3, 0.4) is 0 Å². The molecule has 1 N–H and O–H groups in total. The maximum atomic E-state index is 11.0. The van der Waals surface area contributed by atoms with E-state index in [-0.39, 0.29) is 12.2 Å². The molecule has 0 heterocycles. The van der Waals surface area contributed by atoms with Gasteiger partial charge in [0, 0.05) is 10.0 Å². The zero-order valence-electron chi connectivity index (χ0n) is 12.8. The van der Waals surface area contributed by atoms with Gasteiger partial charge < -0.3 is 14.6 Å². The predicted octanol–water partition coefficient (Wildman–Crippen LogP) is 4.03. The van der Waals surface area contributed by atoms with Gasteiger partial charge in [-0.05, 0) is 29.8 Å². The van der Waals surface area contributed by atoms with Crippen LogP contribution < -0.4 is 9.47 Å². The van der Waals surface area contributed by atoms with Crippen molar-refractivity contribution in [2.45, 2.75) is 6.61 Å². The van der Waals surface area contributed by atoms with E-state index in [0.29, 0.717) is 17.1 Å². The number of halogens is 1. The van der Waals surface area contributed by atoms with Crippen LogP contribution in [0.5, 0.6) is 11.5 Å². The molecule has 0 spiro atoms. The molecule has 5 nitrogen and oxygen atoms in total. The van der Waals surface area contributed by atoms with Crippen LogP contribution in [0.25, 0.3) is 6.08 Å². The molecule has 0 bridgehead atoms. The number of carbonyl (C=O) groups is 1. The topological polar surface area (TPSA) is 79.5 Å². The summed E-state index contributed by atoms with van der Waals surface area (Å²) in [6, 6.07) is 14.4. The van der Waals surface area contributed by atoms with Gasteiger partial charge in [0.2, 0.25) is 0 Å². The Labute approximate surface area is 147 Å². The molecule has 2 aromatic carbocycles. The highest BCUT2D eigenvalue weighted by molar-refractivity contribution is 9.10. The van der Waals surface area contributed by atoms with Gasteiger partial charge in [0.1, 0.15) is 18.2 Å². The summed E-state index contributed by atoms with van der Waals surface area (Å²) >= 11 is 3.37. The molecule has 0 aliphatic rings. The Hall–Kier alpha value is -2.78. The number of hydrogen-bond acceptors (Lipinski definition) is 4. The Kier molecular flexibility index (Phi) is 5.99. The van der Waals surface area contributed by atoms with Gasteiger partial charge >= 0.3 is 5.97 Å². The number of carboxylic acid groups (broad SMARTS) is 1. The molecule has 2 rings (SSSR count). The lowest BCUT2D eigenvalue weighted by Crippen LogP contribution is -2.01. The van der Waals surface area contributed by atoms with E-state index < -0.39 is 5.97 Å². The third kappa shape index (κ3) is 4.37. The molecule has 0 unspecified atom stereocenters. The number of benzene rings is 2. The first-order valence-electron chi connectivity index (χ1n) is 6.94. The third-order valence-corrected chi connectivity index (χ3v) is 3.71. The van der Waals surface area contributed by atoms with E-state index in [1.165, 1.54) is 13.2 Å². The number of methoxy groups -OCH3 is 1. The summed E-state index contributed by atoms with van der Waals surface area (Å²) in [6.07, 6.45) is 1.27. The van der Waals surface area contributed by atoms with E-state index in [2.05, 4.69) is 15.9 Å². The molecule has 122 valence electrons. The Bertz CT molecular complexity index is 807. The van der Waals surface area contributed by atoms with E-state index in [1.807, 2.05) is 24.3 Å². The summed E-state index contributed by atoms with van der Waals surface area (Å²) in [7, 11) is 1.50. The summed E-state index contributed by atoms with van der Waals surface area (Å²) in [5, 5.41) is 18.0. The molecule has 24 heavy (non-hydrogen) atoms. The zero-order valence-corrected chi connectivity index (χ0v) is 14.4. The largest absolute Gasteiger partial charge is 0.493 e. The fraction of sp³-hybridized carbons (Fsp3) is 0.111. The molecule has 0 saturated carbocycles. The maximum Gasteiger partial charge on any atom is 0.346 e. The Morgan fingerprint density at radius 1 is 1.29 bits per heavy atom. The number of carboxylic acids is 1. The van der Waals surface area contributed by atoms with Crippen molar-refractivity contribution in [2.75, 3.05) is 7.11 Å². The minimum atomic E-state index is -1.29. The quantitative estimate of drug-likeness (QED) is 0.597. The van der Waals surface area contributed by atoms with Crippen molar-refractivity contribution in [2.24, 2.45) is 0 Å². The molecular formula is C18H14BrNO4. The van der Waals surface area contributed by atoms with Gasteiger partial charge in [0.05, 0.1) is 7.11 Å². The fourth-order valence-corrected chi connectivity index (χ4v) is 2.26. The SMILES string of the molecule is COc1cccc(C=C(C#N)C(=O)O)c1OCc1ccc(Br)cc1. The fourth-order valence-electron chi connectivity index (χ4n) is 2.00. The number of para-hydroxylation sites is 1.